The predicted octanol–water partition coefficient (Wildman–Crippen LogP) is 2.35. The summed E-state index contributed by atoms with van der Waals surface area (Å²) < 4.78 is 0. The number of rotatable bonds is 4. The monoisotopic (exact) mass is 275 g/mol. The van der Waals surface area contributed by atoms with Crippen LogP contribution in [0.1, 0.15) is 20.9 Å². The van der Waals surface area contributed by atoms with E-state index in [1.807, 2.05) is 25.4 Å². The van der Waals surface area contributed by atoms with Crippen LogP contribution < -0.4 is 5.73 Å². The third-order valence-electron chi connectivity index (χ3n) is 2.84. The summed E-state index contributed by atoms with van der Waals surface area (Å²) in [5, 5.41) is 2.05. The average Bonchev–Trinajstić information content (AvgIpc) is 2.87. The lowest BCUT2D eigenvalue weighted by molar-refractivity contribution is 0.0796. The van der Waals surface area contributed by atoms with Crippen LogP contribution in [0.5, 0.6) is 0 Å². The lowest BCUT2D eigenvalue weighted by Gasteiger charge is -2.17. The highest BCUT2D eigenvalue weighted by atomic mass is 32.1. The average molecular weight is 275 g/mol. The summed E-state index contributed by atoms with van der Waals surface area (Å²) in [5.74, 6) is 0.365. The molecule has 100 valence electrons. The number of aromatic nitrogens is 1. The SMILES string of the molecule is Cc1cc(C(=O)N(C)CCc2cccs2)cc(N)n1. The molecule has 0 spiro atoms. The van der Waals surface area contributed by atoms with Crippen LogP contribution in [0.15, 0.2) is 29.6 Å². The van der Waals surface area contributed by atoms with Crippen molar-refractivity contribution in [2.24, 2.45) is 0 Å². The van der Waals surface area contributed by atoms with E-state index < -0.39 is 0 Å². The van der Waals surface area contributed by atoms with E-state index in [0.717, 1.165) is 12.1 Å². The maximum Gasteiger partial charge on any atom is 0.253 e. The number of pyridine rings is 1. The Morgan fingerprint density at radius 1 is 1.47 bits per heavy atom. The van der Waals surface area contributed by atoms with E-state index >= 15 is 0 Å². The number of carbonyl (C=O) groups excluding carboxylic acids is 1. The molecule has 0 unspecified atom stereocenters. The maximum absolute atomic E-state index is 12.3. The van der Waals surface area contributed by atoms with Crippen molar-refractivity contribution in [1.29, 1.82) is 0 Å². The van der Waals surface area contributed by atoms with Crippen LogP contribution in [-0.4, -0.2) is 29.4 Å². The summed E-state index contributed by atoms with van der Waals surface area (Å²) in [5.41, 5.74) is 7.02. The number of aryl methyl sites for hydroxylation is 1. The molecule has 0 radical (unpaired) electrons. The molecule has 4 nitrogen and oxygen atoms in total. The van der Waals surface area contributed by atoms with Crippen LogP contribution >= 0.6 is 11.3 Å². The highest BCUT2D eigenvalue weighted by Gasteiger charge is 2.13. The minimum Gasteiger partial charge on any atom is -0.384 e. The number of nitrogens with zero attached hydrogens (tertiary/aromatic N) is 2. The summed E-state index contributed by atoms with van der Waals surface area (Å²) in [7, 11) is 1.81. The molecule has 2 aromatic heterocycles. The van der Waals surface area contributed by atoms with E-state index in [1.165, 1.54) is 4.88 Å². The van der Waals surface area contributed by atoms with Crippen molar-refractivity contribution in [3.05, 3.63) is 45.8 Å². The van der Waals surface area contributed by atoms with Crippen LogP contribution in [0.25, 0.3) is 0 Å². The van der Waals surface area contributed by atoms with Gasteiger partial charge in [0.15, 0.2) is 0 Å². The number of nitrogens with two attached hydrogens (primary N) is 1. The predicted molar refractivity (Wildman–Crippen MR) is 78.4 cm³/mol. The fourth-order valence-corrected chi connectivity index (χ4v) is 2.57. The number of carbonyl (C=O) groups is 1. The summed E-state index contributed by atoms with van der Waals surface area (Å²) in [6.45, 7) is 2.53. The van der Waals surface area contributed by atoms with Crippen molar-refractivity contribution >= 4 is 23.1 Å². The molecule has 0 aliphatic rings. The van der Waals surface area contributed by atoms with E-state index in [0.29, 0.717) is 17.9 Å². The van der Waals surface area contributed by atoms with Gasteiger partial charge in [-0.1, -0.05) is 6.07 Å². The second kappa shape index (κ2) is 5.84. The minimum absolute atomic E-state index is 0.0197. The molecule has 19 heavy (non-hydrogen) atoms. The van der Waals surface area contributed by atoms with Crippen LogP contribution in [0.2, 0.25) is 0 Å². The van der Waals surface area contributed by atoms with Crippen LogP contribution in [-0.2, 0) is 6.42 Å². The topological polar surface area (TPSA) is 59.2 Å². The van der Waals surface area contributed by atoms with Crippen molar-refractivity contribution in [1.82, 2.24) is 9.88 Å². The smallest absolute Gasteiger partial charge is 0.253 e. The first-order chi connectivity index (χ1) is 9.06. The molecule has 0 bridgehead atoms. The van der Waals surface area contributed by atoms with Gasteiger partial charge in [-0.2, -0.15) is 0 Å². The maximum atomic E-state index is 12.3. The molecule has 0 aliphatic carbocycles. The van der Waals surface area contributed by atoms with Crippen LogP contribution in [0.3, 0.4) is 0 Å². The van der Waals surface area contributed by atoms with E-state index in [4.69, 9.17) is 5.73 Å². The Balaban J connectivity index is 2.02. The third-order valence-corrected chi connectivity index (χ3v) is 3.78. The zero-order valence-electron chi connectivity index (χ0n) is 11.1. The van der Waals surface area contributed by atoms with Gasteiger partial charge in [0.1, 0.15) is 5.82 Å². The van der Waals surface area contributed by atoms with Crippen LogP contribution in [0, 0.1) is 6.92 Å². The molecule has 2 N–H and O–H groups in total. The van der Waals surface area contributed by atoms with Gasteiger partial charge in [0, 0.05) is 29.7 Å². The van der Waals surface area contributed by atoms with Gasteiger partial charge in [-0.25, -0.2) is 4.98 Å². The van der Waals surface area contributed by atoms with Gasteiger partial charge in [-0.15, -0.1) is 11.3 Å². The molecule has 2 aromatic rings. The highest BCUT2D eigenvalue weighted by Crippen LogP contribution is 2.12. The summed E-state index contributed by atoms with van der Waals surface area (Å²) in [6, 6.07) is 7.49. The second-order valence-electron chi connectivity index (χ2n) is 4.48. The van der Waals surface area contributed by atoms with Crippen molar-refractivity contribution < 1.29 is 4.79 Å². The Morgan fingerprint density at radius 2 is 2.26 bits per heavy atom. The van der Waals surface area contributed by atoms with Gasteiger partial charge >= 0.3 is 0 Å². The number of amides is 1. The van der Waals surface area contributed by atoms with Gasteiger partial charge in [0.05, 0.1) is 0 Å². The minimum atomic E-state index is -0.0197. The summed E-state index contributed by atoms with van der Waals surface area (Å²) >= 11 is 1.71. The third kappa shape index (κ3) is 3.54. The molecule has 0 saturated heterocycles. The van der Waals surface area contributed by atoms with Gasteiger partial charge < -0.3 is 10.6 Å². The summed E-state index contributed by atoms with van der Waals surface area (Å²) in [6.07, 6.45) is 0.874. The first-order valence-electron chi connectivity index (χ1n) is 6.08. The Morgan fingerprint density at radius 3 is 2.89 bits per heavy atom. The first-order valence-corrected chi connectivity index (χ1v) is 6.96. The molecular weight excluding hydrogens is 258 g/mol. The standard InChI is InChI=1S/C14H17N3OS/c1-10-8-11(9-13(15)16-10)14(18)17(2)6-5-12-4-3-7-19-12/h3-4,7-9H,5-6H2,1-2H3,(H2,15,16). The number of anilines is 1. The van der Waals surface area contributed by atoms with Crippen molar-refractivity contribution in [2.45, 2.75) is 13.3 Å². The largest absolute Gasteiger partial charge is 0.384 e. The molecule has 2 rings (SSSR count). The zero-order valence-corrected chi connectivity index (χ0v) is 11.9. The van der Waals surface area contributed by atoms with E-state index in [1.54, 1.807) is 28.4 Å². The fourth-order valence-electron chi connectivity index (χ4n) is 1.87. The fraction of sp³-hybridized carbons (Fsp3) is 0.286. The number of hydrogen-bond donors (Lipinski definition) is 1. The molecule has 5 heteroatoms. The Hall–Kier alpha value is -1.88. The number of likely N-dealkylation sites (N-methyl/N-ethyl adjacent to an activating group) is 1. The number of hydrogen-bond acceptors (Lipinski definition) is 4. The van der Waals surface area contributed by atoms with Gasteiger partial charge in [-0.3, -0.25) is 4.79 Å². The normalized spacial score (nSPS) is 10.4. The zero-order chi connectivity index (χ0) is 13.8. The lowest BCUT2D eigenvalue weighted by Crippen LogP contribution is -2.28. The van der Waals surface area contributed by atoms with E-state index in [2.05, 4.69) is 11.1 Å². The Labute approximate surface area is 116 Å². The molecule has 2 heterocycles. The summed E-state index contributed by atoms with van der Waals surface area (Å²) in [4.78, 5) is 19.3. The molecule has 0 fully saturated rings. The number of thiophene rings is 1. The van der Waals surface area contributed by atoms with E-state index in [-0.39, 0.29) is 5.91 Å². The van der Waals surface area contributed by atoms with Crippen molar-refractivity contribution in [3.8, 4) is 0 Å². The number of nitrogen functional groups attached to an aromatic ring is 1. The Kier molecular flexibility index (Phi) is 4.16. The quantitative estimate of drug-likeness (QED) is 0.931. The molecular formula is C14H17N3OS. The van der Waals surface area contributed by atoms with E-state index in [9.17, 15) is 4.79 Å². The molecule has 0 atom stereocenters. The van der Waals surface area contributed by atoms with Crippen molar-refractivity contribution in [2.75, 3.05) is 19.3 Å². The highest BCUT2D eigenvalue weighted by molar-refractivity contribution is 7.09. The molecule has 0 saturated carbocycles. The molecule has 0 aromatic carbocycles. The molecule has 1 amide bonds. The molecule has 0 aliphatic heterocycles. The Bertz CT molecular complexity index is 546. The van der Waals surface area contributed by atoms with Gasteiger partial charge in [-0.05, 0) is 36.9 Å². The van der Waals surface area contributed by atoms with Gasteiger partial charge in [0.25, 0.3) is 5.91 Å². The van der Waals surface area contributed by atoms with Crippen LogP contribution in [0.4, 0.5) is 5.82 Å². The second-order valence-corrected chi connectivity index (χ2v) is 5.51. The van der Waals surface area contributed by atoms with Gasteiger partial charge in [0.2, 0.25) is 0 Å². The first kappa shape index (κ1) is 13.5. The van der Waals surface area contributed by atoms with Crippen molar-refractivity contribution in [3.63, 3.8) is 0 Å². The lowest BCUT2D eigenvalue weighted by atomic mass is 10.2.